The largest absolute Gasteiger partial charge is 0.456 e. The van der Waals surface area contributed by atoms with Gasteiger partial charge in [-0.1, -0.05) is 31.2 Å². The number of fused-ring (bicyclic) bond motifs is 4. The Labute approximate surface area is 383 Å². The molecule has 3 saturated heterocycles. The van der Waals surface area contributed by atoms with Crippen molar-refractivity contribution in [3.8, 4) is 22.5 Å². The molecule has 3 fully saturated rings. The van der Waals surface area contributed by atoms with Crippen LogP contribution in [0, 0.1) is 11.8 Å². The lowest BCUT2D eigenvalue weighted by Crippen LogP contribution is -2.53. The second-order valence-electron chi connectivity index (χ2n) is 17.0. The first-order valence-electron chi connectivity index (χ1n) is 22.2. The number of halogens is 1. The van der Waals surface area contributed by atoms with Crippen molar-refractivity contribution in [2.75, 3.05) is 46.6 Å². The summed E-state index contributed by atoms with van der Waals surface area (Å²) < 4.78 is 25.6. The molecule has 3 atom stereocenters. The number of aromatic amines is 2. The van der Waals surface area contributed by atoms with Gasteiger partial charge in [-0.05, 0) is 91.8 Å². The molecule has 3 aromatic carbocycles. The lowest BCUT2D eigenvalue weighted by Gasteiger charge is -2.33. The maximum absolute atomic E-state index is 14.2. The van der Waals surface area contributed by atoms with E-state index in [2.05, 4.69) is 46.7 Å². The minimum Gasteiger partial charge on any atom is -0.456 e. The van der Waals surface area contributed by atoms with E-state index in [0.29, 0.717) is 80.1 Å². The molecule has 1 unspecified atom stereocenters. The van der Waals surface area contributed by atoms with E-state index in [1.165, 1.54) is 7.11 Å². The molecule has 0 radical (unpaired) electrons. The molecule has 6 heterocycles. The Bertz CT molecular complexity index is 2720. The number of carbonyl (C=O) groups is 3. The number of imidazole rings is 2. The second kappa shape index (κ2) is 19.4. The highest BCUT2D eigenvalue weighted by Crippen LogP contribution is 2.35. The van der Waals surface area contributed by atoms with Gasteiger partial charge in [0.05, 0.1) is 60.3 Å². The number of likely N-dealkylation sites (tertiary alicyclic amines) is 1. The number of hydrogen-bond donors (Lipinski definition) is 4. The smallest absolute Gasteiger partial charge is 0.407 e. The van der Waals surface area contributed by atoms with Crippen molar-refractivity contribution in [2.45, 2.75) is 76.5 Å². The van der Waals surface area contributed by atoms with Gasteiger partial charge in [-0.3, -0.25) is 14.4 Å². The van der Waals surface area contributed by atoms with Gasteiger partial charge in [-0.15, -0.1) is 0 Å². The maximum atomic E-state index is 14.2. The zero-order valence-corrected chi connectivity index (χ0v) is 38.2. The van der Waals surface area contributed by atoms with Gasteiger partial charge in [-0.2, -0.15) is 0 Å². The number of carbonyl (C=O) groups excluding carboxylic acids is 3. The quantitative estimate of drug-likeness (QED) is 0.0397. The molecule has 336 valence electrons. The monoisotopic (exact) mass is 984 g/mol. The van der Waals surface area contributed by atoms with Crippen LogP contribution in [0.2, 0.25) is 0 Å². The number of nitrogens with zero attached hydrogens (tertiary/aromatic N) is 4. The molecule has 0 spiro atoms. The van der Waals surface area contributed by atoms with E-state index in [1.54, 1.807) is 23.4 Å². The van der Waals surface area contributed by atoms with Crippen LogP contribution in [0.3, 0.4) is 0 Å². The van der Waals surface area contributed by atoms with Crippen LogP contribution in [0.5, 0.6) is 0 Å². The summed E-state index contributed by atoms with van der Waals surface area (Å²) in [4.78, 5) is 74.3. The fourth-order valence-electron chi connectivity index (χ4n) is 9.66. The van der Waals surface area contributed by atoms with Gasteiger partial charge in [0.1, 0.15) is 28.9 Å². The number of alkyl carbamates (subject to hydrolysis) is 1. The highest BCUT2D eigenvalue weighted by molar-refractivity contribution is 14.1. The standard InChI is InChI=1S/C47H53IN8O8/c1-3-16-55(45(58)41(53-47(60)61-2)27-12-18-62-19-13-27)26-39-49-24-34(51-39)30-6-9-32-29(22-30)8-11-37-40(32)43(57)33-10-7-31(23-38(33)64-37)35-25-50-44(52-35)36-5-4-17-56(36)46(59)42(54-48)28-14-20-63-21-15-28/h6-11,22-25,27-28,36,41-42,54H,3-5,12-21,26H2,1-2H3,(H,49,51)(H,50,52)(H,53,60)/t36-,41-,42?/m0/s1. The Hall–Kier alpha value is -5.37. The summed E-state index contributed by atoms with van der Waals surface area (Å²) in [5, 5.41) is 5.38. The van der Waals surface area contributed by atoms with Crippen LogP contribution >= 0.6 is 22.9 Å². The van der Waals surface area contributed by atoms with Crippen LogP contribution in [0.25, 0.3) is 55.2 Å². The number of ether oxygens (including phenoxy) is 3. The fraction of sp³-hybridized carbons (Fsp3) is 0.447. The Balaban J connectivity index is 0.932. The fourth-order valence-corrected chi connectivity index (χ4v) is 10.4. The van der Waals surface area contributed by atoms with Gasteiger partial charge in [-0.25, -0.2) is 18.3 Å². The summed E-state index contributed by atoms with van der Waals surface area (Å²) in [7, 11) is 1.29. The molecule has 16 nitrogen and oxygen atoms in total. The molecular formula is C47H53IN8O8. The minimum absolute atomic E-state index is 0.0678. The number of amides is 3. The minimum atomic E-state index is -0.736. The molecular weight excluding hydrogens is 931 g/mol. The number of benzene rings is 3. The zero-order chi connectivity index (χ0) is 44.3. The average Bonchev–Trinajstić information content (AvgIpc) is 4.13. The van der Waals surface area contributed by atoms with Crippen LogP contribution in [0.15, 0.2) is 70.1 Å². The van der Waals surface area contributed by atoms with Gasteiger partial charge in [0, 0.05) is 73.5 Å². The SMILES string of the molecule is CCCN(Cc1ncc(-c2ccc3c(ccc4oc5cc(-c6cnc([C@@H]7CCCN7C(=O)C(NI)C7CCOCC7)[nH]6)ccc5c(=O)c43)c2)[nH]1)C(=O)[C@@H](NC(=O)OC)C1CCOCC1. The van der Waals surface area contributed by atoms with Crippen LogP contribution < -0.4 is 14.3 Å². The van der Waals surface area contributed by atoms with Crippen LogP contribution in [-0.4, -0.2) is 106 Å². The topological polar surface area (TPSA) is 197 Å². The summed E-state index contributed by atoms with van der Waals surface area (Å²) in [5.41, 5.74) is 4.05. The summed E-state index contributed by atoms with van der Waals surface area (Å²) >= 11 is 2.11. The summed E-state index contributed by atoms with van der Waals surface area (Å²) in [5.74, 6) is 1.44. The number of H-pyrrole nitrogens is 2. The van der Waals surface area contributed by atoms with Gasteiger partial charge in [0.15, 0.2) is 0 Å². The van der Waals surface area contributed by atoms with Crippen molar-refractivity contribution in [2.24, 2.45) is 11.8 Å². The first-order chi connectivity index (χ1) is 31.2. The Kier molecular flexibility index (Phi) is 13.3. The van der Waals surface area contributed by atoms with E-state index in [0.717, 1.165) is 71.2 Å². The van der Waals surface area contributed by atoms with E-state index < -0.39 is 12.1 Å². The second-order valence-corrected chi connectivity index (χ2v) is 17.6. The Morgan fingerprint density at radius 1 is 0.875 bits per heavy atom. The molecule has 0 bridgehead atoms. The first kappa shape index (κ1) is 43.9. The van der Waals surface area contributed by atoms with Crippen LogP contribution in [0.4, 0.5) is 4.79 Å². The van der Waals surface area contributed by atoms with Gasteiger partial charge < -0.3 is 43.7 Å². The van der Waals surface area contributed by atoms with Crippen LogP contribution in [0.1, 0.15) is 69.6 Å². The molecule has 6 aromatic rings. The number of aromatic nitrogens is 4. The summed E-state index contributed by atoms with van der Waals surface area (Å²) in [6.45, 7) is 5.83. The third-order valence-corrected chi connectivity index (χ3v) is 13.8. The van der Waals surface area contributed by atoms with E-state index in [-0.39, 0.29) is 47.7 Å². The number of hydrogen-bond acceptors (Lipinski definition) is 11. The van der Waals surface area contributed by atoms with Crippen molar-refractivity contribution in [1.82, 2.24) is 38.6 Å². The van der Waals surface area contributed by atoms with E-state index in [1.807, 2.05) is 54.3 Å². The van der Waals surface area contributed by atoms with Crippen molar-refractivity contribution >= 4 is 73.5 Å². The maximum Gasteiger partial charge on any atom is 0.407 e. The molecule has 0 saturated carbocycles. The first-order valence-corrected chi connectivity index (χ1v) is 23.3. The zero-order valence-electron chi connectivity index (χ0n) is 36.0. The van der Waals surface area contributed by atoms with E-state index in [4.69, 9.17) is 23.6 Å². The molecule has 64 heavy (non-hydrogen) atoms. The highest BCUT2D eigenvalue weighted by Gasteiger charge is 2.39. The molecule has 3 amide bonds. The molecule has 0 aliphatic carbocycles. The predicted octanol–water partition coefficient (Wildman–Crippen LogP) is 7.17. The number of rotatable bonds is 13. The number of methoxy groups -OCH3 is 1. The Morgan fingerprint density at radius 2 is 1.56 bits per heavy atom. The molecule has 17 heteroatoms. The van der Waals surface area contributed by atoms with E-state index >= 15 is 0 Å². The lowest BCUT2D eigenvalue weighted by molar-refractivity contribution is -0.137. The number of nitrogens with one attached hydrogen (secondary N) is 4. The van der Waals surface area contributed by atoms with Crippen molar-refractivity contribution in [1.29, 1.82) is 0 Å². The summed E-state index contributed by atoms with van der Waals surface area (Å²) in [6, 6.07) is 14.1. The highest BCUT2D eigenvalue weighted by atomic mass is 127. The molecule has 9 rings (SSSR count). The van der Waals surface area contributed by atoms with Crippen molar-refractivity contribution in [3.05, 3.63) is 82.8 Å². The normalized spacial score (nSPS) is 18.4. The lowest BCUT2D eigenvalue weighted by atomic mass is 9.90. The molecule has 3 aliphatic rings. The molecule has 4 N–H and O–H groups in total. The molecule has 3 aliphatic heterocycles. The van der Waals surface area contributed by atoms with Gasteiger partial charge >= 0.3 is 6.09 Å². The Morgan fingerprint density at radius 3 is 2.28 bits per heavy atom. The van der Waals surface area contributed by atoms with Gasteiger partial charge in [0.2, 0.25) is 17.2 Å². The van der Waals surface area contributed by atoms with Crippen molar-refractivity contribution < 1.29 is 33.0 Å². The third kappa shape index (κ3) is 8.86. The van der Waals surface area contributed by atoms with E-state index in [9.17, 15) is 19.2 Å². The van der Waals surface area contributed by atoms with Crippen molar-refractivity contribution in [3.63, 3.8) is 0 Å². The third-order valence-electron chi connectivity index (χ3n) is 13.1. The summed E-state index contributed by atoms with van der Waals surface area (Å²) in [6.07, 6.45) is 8.39. The van der Waals surface area contributed by atoms with Crippen LogP contribution in [-0.2, 0) is 30.3 Å². The average molecular weight is 985 g/mol. The predicted molar refractivity (Wildman–Crippen MR) is 249 cm³/mol. The molecule has 3 aromatic heterocycles. The van der Waals surface area contributed by atoms with Gasteiger partial charge in [0.25, 0.3) is 0 Å².